The molecule has 0 aliphatic rings. The summed E-state index contributed by atoms with van der Waals surface area (Å²) in [5.41, 5.74) is 4.76. The van der Waals surface area contributed by atoms with Crippen LogP contribution < -0.4 is 10.3 Å². The Morgan fingerprint density at radius 2 is 1.81 bits per heavy atom. The minimum Gasteiger partial charge on any atom is -0.460 e. The van der Waals surface area contributed by atoms with E-state index in [0.29, 0.717) is 17.0 Å². The summed E-state index contributed by atoms with van der Waals surface area (Å²) >= 11 is 0. The molecule has 1 N–H and O–H groups in total. The maximum Gasteiger partial charge on any atom is 0.271 e. The first-order valence-corrected chi connectivity index (χ1v) is 6.66. The lowest BCUT2D eigenvalue weighted by molar-refractivity contribution is 0.0955. The van der Waals surface area contributed by atoms with Gasteiger partial charge in [0.2, 0.25) is 0 Å². The van der Waals surface area contributed by atoms with E-state index in [0.717, 1.165) is 11.4 Å². The minimum absolute atomic E-state index is 0.247. The molecule has 5 nitrogen and oxygen atoms in total. The molecule has 0 saturated heterocycles. The molecule has 0 aliphatic heterocycles. The molecule has 5 heteroatoms. The van der Waals surface area contributed by atoms with E-state index in [4.69, 9.17) is 4.42 Å². The third kappa shape index (κ3) is 3.72. The molecule has 0 spiro atoms. The molecule has 2 aromatic rings. The first kappa shape index (κ1) is 14.8. The summed E-state index contributed by atoms with van der Waals surface area (Å²) in [4.78, 5) is 14.0. The van der Waals surface area contributed by atoms with Crippen LogP contribution in [0.15, 0.2) is 45.9 Å². The number of amides is 1. The SMILES string of the molecule is CC(=NNC(=O)c1ccc(N(C)C)cc1)c1ccc(C)o1. The van der Waals surface area contributed by atoms with Crippen LogP contribution in [0.2, 0.25) is 0 Å². The molecule has 1 amide bonds. The molecule has 1 heterocycles. The molecule has 0 bridgehead atoms. The number of carbonyl (C=O) groups excluding carboxylic acids is 1. The molecule has 1 aromatic heterocycles. The fraction of sp³-hybridized carbons (Fsp3) is 0.250. The Labute approximate surface area is 124 Å². The summed E-state index contributed by atoms with van der Waals surface area (Å²) in [6, 6.07) is 11.0. The van der Waals surface area contributed by atoms with Crippen molar-refractivity contribution >= 4 is 17.3 Å². The van der Waals surface area contributed by atoms with Crippen LogP contribution in [-0.4, -0.2) is 25.7 Å². The predicted molar refractivity (Wildman–Crippen MR) is 83.9 cm³/mol. The van der Waals surface area contributed by atoms with Crippen molar-refractivity contribution in [2.45, 2.75) is 13.8 Å². The molecule has 0 fully saturated rings. The van der Waals surface area contributed by atoms with Gasteiger partial charge in [-0.05, 0) is 50.2 Å². The van der Waals surface area contributed by atoms with E-state index in [9.17, 15) is 4.79 Å². The summed E-state index contributed by atoms with van der Waals surface area (Å²) < 4.78 is 5.44. The van der Waals surface area contributed by atoms with Gasteiger partial charge in [0.1, 0.15) is 17.2 Å². The second-order valence-electron chi connectivity index (χ2n) is 4.99. The minimum atomic E-state index is -0.247. The van der Waals surface area contributed by atoms with Gasteiger partial charge in [0.05, 0.1) is 0 Å². The lowest BCUT2D eigenvalue weighted by atomic mass is 10.2. The van der Waals surface area contributed by atoms with Crippen LogP contribution in [0.25, 0.3) is 0 Å². The number of nitrogens with zero attached hydrogens (tertiary/aromatic N) is 2. The maximum absolute atomic E-state index is 12.0. The largest absolute Gasteiger partial charge is 0.460 e. The topological polar surface area (TPSA) is 57.8 Å². The van der Waals surface area contributed by atoms with Crippen molar-refractivity contribution in [1.82, 2.24) is 5.43 Å². The van der Waals surface area contributed by atoms with Gasteiger partial charge in [-0.1, -0.05) is 0 Å². The van der Waals surface area contributed by atoms with Crippen molar-refractivity contribution < 1.29 is 9.21 Å². The van der Waals surface area contributed by atoms with E-state index in [1.807, 2.05) is 50.2 Å². The summed E-state index contributed by atoms with van der Waals surface area (Å²) in [6.07, 6.45) is 0. The highest BCUT2D eigenvalue weighted by molar-refractivity contribution is 5.99. The Kier molecular flexibility index (Phi) is 4.42. The van der Waals surface area contributed by atoms with Gasteiger partial charge in [0.15, 0.2) is 0 Å². The van der Waals surface area contributed by atoms with E-state index in [2.05, 4.69) is 10.5 Å². The van der Waals surface area contributed by atoms with Crippen molar-refractivity contribution in [1.29, 1.82) is 0 Å². The number of aryl methyl sites for hydroxylation is 1. The molecule has 0 aliphatic carbocycles. The molecule has 1 aromatic carbocycles. The average molecular weight is 285 g/mol. The zero-order valence-corrected chi connectivity index (χ0v) is 12.7. The Hall–Kier alpha value is -2.56. The van der Waals surface area contributed by atoms with Gasteiger partial charge in [0, 0.05) is 25.3 Å². The third-order valence-electron chi connectivity index (χ3n) is 3.07. The molecular formula is C16H19N3O2. The summed E-state index contributed by atoms with van der Waals surface area (Å²) in [5, 5.41) is 4.05. The molecule has 0 atom stereocenters. The fourth-order valence-electron chi connectivity index (χ4n) is 1.79. The number of hydrogen-bond donors (Lipinski definition) is 1. The summed E-state index contributed by atoms with van der Waals surface area (Å²) in [5.74, 6) is 1.21. The van der Waals surface area contributed by atoms with Gasteiger partial charge in [-0.15, -0.1) is 0 Å². The van der Waals surface area contributed by atoms with Gasteiger partial charge in [-0.2, -0.15) is 5.10 Å². The average Bonchev–Trinajstić information content (AvgIpc) is 2.91. The maximum atomic E-state index is 12.0. The quantitative estimate of drug-likeness (QED) is 0.694. The number of furan rings is 1. The zero-order valence-electron chi connectivity index (χ0n) is 12.7. The van der Waals surface area contributed by atoms with Crippen LogP contribution in [0.5, 0.6) is 0 Å². The van der Waals surface area contributed by atoms with Crippen molar-refractivity contribution in [3.63, 3.8) is 0 Å². The highest BCUT2D eigenvalue weighted by Gasteiger charge is 2.07. The van der Waals surface area contributed by atoms with Crippen LogP contribution >= 0.6 is 0 Å². The van der Waals surface area contributed by atoms with Crippen molar-refractivity contribution in [3.05, 3.63) is 53.5 Å². The van der Waals surface area contributed by atoms with Gasteiger partial charge < -0.3 is 9.32 Å². The van der Waals surface area contributed by atoms with Crippen LogP contribution in [0.1, 0.15) is 28.8 Å². The number of benzene rings is 1. The Balaban J connectivity index is 2.04. The second-order valence-corrected chi connectivity index (χ2v) is 4.99. The molecule has 2 rings (SSSR count). The number of carbonyl (C=O) groups is 1. The van der Waals surface area contributed by atoms with E-state index in [1.54, 1.807) is 19.1 Å². The van der Waals surface area contributed by atoms with E-state index >= 15 is 0 Å². The van der Waals surface area contributed by atoms with E-state index in [1.165, 1.54) is 0 Å². The normalized spacial score (nSPS) is 11.3. The lowest BCUT2D eigenvalue weighted by Crippen LogP contribution is -2.19. The number of anilines is 1. The third-order valence-corrected chi connectivity index (χ3v) is 3.07. The summed E-state index contributed by atoms with van der Waals surface area (Å²) in [7, 11) is 3.90. The summed E-state index contributed by atoms with van der Waals surface area (Å²) in [6.45, 7) is 3.65. The van der Waals surface area contributed by atoms with Crippen molar-refractivity contribution in [2.24, 2.45) is 5.10 Å². The molecule has 0 radical (unpaired) electrons. The van der Waals surface area contributed by atoms with Crippen LogP contribution in [0, 0.1) is 6.92 Å². The molecule has 0 unspecified atom stereocenters. The monoisotopic (exact) mass is 285 g/mol. The standard InChI is InChI=1S/C16H19N3O2/c1-11-5-10-15(21-11)12(2)17-18-16(20)13-6-8-14(9-7-13)19(3)4/h5-10H,1-4H3,(H,18,20). The Bertz CT molecular complexity index is 654. The molecule has 21 heavy (non-hydrogen) atoms. The van der Waals surface area contributed by atoms with Crippen molar-refractivity contribution in [2.75, 3.05) is 19.0 Å². The smallest absolute Gasteiger partial charge is 0.271 e. The highest BCUT2D eigenvalue weighted by atomic mass is 16.3. The van der Waals surface area contributed by atoms with Crippen LogP contribution in [0.3, 0.4) is 0 Å². The highest BCUT2D eigenvalue weighted by Crippen LogP contribution is 2.12. The van der Waals surface area contributed by atoms with Gasteiger partial charge >= 0.3 is 0 Å². The molecular weight excluding hydrogens is 266 g/mol. The van der Waals surface area contributed by atoms with Gasteiger partial charge in [0.25, 0.3) is 5.91 Å². The first-order chi connectivity index (χ1) is 9.97. The number of hydrogen-bond acceptors (Lipinski definition) is 4. The number of nitrogens with one attached hydrogen (secondary N) is 1. The van der Waals surface area contributed by atoms with Crippen LogP contribution in [-0.2, 0) is 0 Å². The predicted octanol–water partition coefficient (Wildman–Crippen LogP) is 2.81. The Morgan fingerprint density at radius 1 is 1.14 bits per heavy atom. The zero-order chi connectivity index (χ0) is 15.4. The van der Waals surface area contributed by atoms with E-state index in [-0.39, 0.29) is 5.91 Å². The fourth-order valence-corrected chi connectivity index (χ4v) is 1.79. The first-order valence-electron chi connectivity index (χ1n) is 6.66. The second kappa shape index (κ2) is 6.26. The van der Waals surface area contributed by atoms with E-state index < -0.39 is 0 Å². The van der Waals surface area contributed by atoms with Crippen LogP contribution in [0.4, 0.5) is 5.69 Å². The number of hydrazone groups is 1. The molecule has 0 saturated carbocycles. The van der Waals surface area contributed by atoms with Gasteiger partial charge in [-0.3, -0.25) is 4.79 Å². The Morgan fingerprint density at radius 3 is 2.33 bits per heavy atom. The lowest BCUT2D eigenvalue weighted by Gasteiger charge is -2.12. The van der Waals surface area contributed by atoms with Gasteiger partial charge in [-0.25, -0.2) is 5.43 Å². The molecule has 110 valence electrons. The number of rotatable bonds is 4. The van der Waals surface area contributed by atoms with Crippen molar-refractivity contribution in [3.8, 4) is 0 Å².